The SMILES string of the molecule is CCOc1ccc(NS(=O)(=O)c2cc(NC(=O)c3ccc(C#N)cc3)ccc2OC)cc1. The minimum Gasteiger partial charge on any atom is -0.495 e. The van der Waals surface area contributed by atoms with Crippen molar-refractivity contribution in [2.75, 3.05) is 23.8 Å². The summed E-state index contributed by atoms with van der Waals surface area (Å²) in [6, 6.07) is 18.9. The van der Waals surface area contributed by atoms with E-state index in [1.165, 1.54) is 49.6 Å². The highest BCUT2D eigenvalue weighted by Crippen LogP contribution is 2.29. The first-order valence-corrected chi connectivity index (χ1v) is 11.1. The lowest BCUT2D eigenvalue weighted by Crippen LogP contribution is -2.16. The van der Waals surface area contributed by atoms with Crippen LogP contribution in [0, 0.1) is 11.3 Å². The molecule has 0 fully saturated rings. The van der Waals surface area contributed by atoms with Gasteiger partial charge in [-0.2, -0.15) is 5.26 Å². The highest BCUT2D eigenvalue weighted by Gasteiger charge is 2.21. The molecule has 0 aromatic heterocycles. The fraction of sp³-hybridized carbons (Fsp3) is 0.130. The van der Waals surface area contributed by atoms with Crippen molar-refractivity contribution in [3.8, 4) is 17.6 Å². The molecule has 0 saturated carbocycles. The lowest BCUT2D eigenvalue weighted by atomic mass is 10.1. The van der Waals surface area contributed by atoms with Crippen LogP contribution < -0.4 is 19.5 Å². The summed E-state index contributed by atoms with van der Waals surface area (Å²) in [6.45, 7) is 2.36. The van der Waals surface area contributed by atoms with E-state index in [0.717, 1.165) is 0 Å². The zero-order chi connectivity index (χ0) is 23.1. The second kappa shape index (κ2) is 9.85. The van der Waals surface area contributed by atoms with E-state index in [9.17, 15) is 13.2 Å². The molecule has 0 heterocycles. The third kappa shape index (κ3) is 5.36. The number of carbonyl (C=O) groups excluding carboxylic acids is 1. The Morgan fingerprint density at radius 3 is 2.25 bits per heavy atom. The number of sulfonamides is 1. The molecule has 0 atom stereocenters. The summed E-state index contributed by atoms with van der Waals surface area (Å²) in [5.41, 5.74) is 1.38. The second-order valence-electron chi connectivity index (χ2n) is 6.57. The van der Waals surface area contributed by atoms with Gasteiger partial charge in [0.1, 0.15) is 16.4 Å². The second-order valence-corrected chi connectivity index (χ2v) is 8.22. The average molecular weight is 452 g/mol. The van der Waals surface area contributed by atoms with Gasteiger partial charge in [-0.1, -0.05) is 0 Å². The lowest BCUT2D eigenvalue weighted by Gasteiger charge is -2.14. The average Bonchev–Trinajstić information content (AvgIpc) is 2.80. The van der Waals surface area contributed by atoms with Crippen molar-refractivity contribution in [2.45, 2.75) is 11.8 Å². The predicted molar refractivity (Wildman–Crippen MR) is 121 cm³/mol. The molecule has 0 aliphatic rings. The minimum atomic E-state index is -4.02. The van der Waals surface area contributed by atoms with E-state index in [1.807, 2.05) is 13.0 Å². The topological polar surface area (TPSA) is 118 Å². The summed E-state index contributed by atoms with van der Waals surface area (Å²) in [6.07, 6.45) is 0. The molecule has 3 rings (SSSR count). The van der Waals surface area contributed by atoms with Crippen molar-refractivity contribution in [3.63, 3.8) is 0 Å². The molecule has 9 heteroatoms. The molecule has 3 aromatic rings. The van der Waals surface area contributed by atoms with Crippen LogP contribution in [0.5, 0.6) is 11.5 Å². The number of hydrogen-bond donors (Lipinski definition) is 2. The molecule has 0 bridgehead atoms. The van der Waals surface area contributed by atoms with Crippen LogP contribution in [0.25, 0.3) is 0 Å². The van der Waals surface area contributed by atoms with Gasteiger partial charge in [0.15, 0.2) is 0 Å². The molecular weight excluding hydrogens is 430 g/mol. The predicted octanol–water partition coefficient (Wildman–Crippen LogP) is 4.02. The number of nitrogens with one attached hydrogen (secondary N) is 2. The first-order valence-electron chi connectivity index (χ1n) is 9.61. The van der Waals surface area contributed by atoms with Crippen LogP contribution in [-0.2, 0) is 10.0 Å². The van der Waals surface area contributed by atoms with Gasteiger partial charge < -0.3 is 14.8 Å². The third-order valence-electron chi connectivity index (χ3n) is 4.40. The number of ether oxygens (including phenoxy) is 2. The monoisotopic (exact) mass is 451 g/mol. The normalized spacial score (nSPS) is 10.7. The summed E-state index contributed by atoms with van der Waals surface area (Å²) in [5, 5.41) is 11.5. The fourth-order valence-corrected chi connectivity index (χ4v) is 4.11. The minimum absolute atomic E-state index is 0.125. The van der Waals surface area contributed by atoms with Gasteiger partial charge in [0.25, 0.3) is 15.9 Å². The smallest absolute Gasteiger partial charge is 0.265 e. The van der Waals surface area contributed by atoms with Crippen LogP contribution in [-0.4, -0.2) is 28.0 Å². The molecular formula is C23H21N3O5S. The highest BCUT2D eigenvalue weighted by atomic mass is 32.2. The van der Waals surface area contributed by atoms with Gasteiger partial charge in [-0.25, -0.2) is 8.42 Å². The molecule has 32 heavy (non-hydrogen) atoms. The van der Waals surface area contributed by atoms with Crippen LogP contribution >= 0.6 is 0 Å². The van der Waals surface area contributed by atoms with Gasteiger partial charge in [-0.15, -0.1) is 0 Å². The number of amides is 1. The van der Waals surface area contributed by atoms with Gasteiger partial charge in [0.2, 0.25) is 0 Å². The zero-order valence-electron chi connectivity index (χ0n) is 17.5. The maximum absolute atomic E-state index is 13.0. The van der Waals surface area contributed by atoms with Crippen LogP contribution in [0.2, 0.25) is 0 Å². The van der Waals surface area contributed by atoms with Gasteiger partial charge in [0.05, 0.1) is 25.3 Å². The van der Waals surface area contributed by atoms with E-state index in [1.54, 1.807) is 24.3 Å². The maximum Gasteiger partial charge on any atom is 0.265 e. The number of nitriles is 1. The summed E-state index contributed by atoms with van der Waals surface area (Å²) >= 11 is 0. The molecule has 3 aromatic carbocycles. The van der Waals surface area contributed by atoms with Gasteiger partial charge >= 0.3 is 0 Å². The van der Waals surface area contributed by atoms with Crippen LogP contribution in [0.15, 0.2) is 71.6 Å². The van der Waals surface area contributed by atoms with Crippen molar-refractivity contribution in [3.05, 3.63) is 77.9 Å². The Morgan fingerprint density at radius 1 is 1.00 bits per heavy atom. The number of methoxy groups -OCH3 is 1. The van der Waals surface area contributed by atoms with Gasteiger partial charge in [0, 0.05) is 16.9 Å². The van der Waals surface area contributed by atoms with Crippen molar-refractivity contribution < 1.29 is 22.7 Å². The van der Waals surface area contributed by atoms with E-state index in [4.69, 9.17) is 14.7 Å². The summed E-state index contributed by atoms with van der Waals surface area (Å²) in [5.74, 6) is 0.308. The number of carbonyl (C=O) groups is 1. The molecule has 0 aliphatic carbocycles. The first kappa shape index (κ1) is 22.7. The molecule has 0 radical (unpaired) electrons. The van der Waals surface area contributed by atoms with E-state index in [-0.39, 0.29) is 16.3 Å². The van der Waals surface area contributed by atoms with E-state index in [0.29, 0.717) is 29.2 Å². The largest absolute Gasteiger partial charge is 0.495 e. The number of rotatable bonds is 8. The van der Waals surface area contributed by atoms with Crippen LogP contribution in [0.3, 0.4) is 0 Å². The standard InChI is InChI=1S/C23H21N3O5S/c1-3-31-20-11-8-18(9-12-20)26-32(28,29)22-14-19(10-13-21(22)30-2)25-23(27)17-6-4-16(15-24)5-7-17/h4-14,26H,3H2,1-2H3,(H,25,27). The molecule has 0 unspecified atom stereocenters. The summed E-state index contributed by atoms with van der Waals surface area (Å²) in [7, 11) is -2.65. The number of benzene rings is 3. The fourth-order valence-electron chi connectivity index (χ4n) is 2.86. The molecule has 2 N–H and O–H groups in total. The Labute approximate surface area is 186 Å². The maximum atomic E-state index is 13.0. The van der Waals surface area contributed by atoms with E-state index >= 15 is 0 Å². The Morgan fingerprint density at radius 2 is 1.66 bits per heavy atom. The first-order chi connectivity index (χ1) is 15.4. The van der Waals surface area contributed by atoms with Crippen molar-refractivity contribution in [1.29, 1.82) is 5.26 Å². The van der Waals surface area contributed by atoms with E-state index in [2.05, 4.69) is 10.0 Å². The van der Waals surface area contributed by atoms with Crippen LogP contribution in [0.4, 0.5) is 11.4 Å². The third-order valence-corrected chi connectivity index (χ3v) is 5.81. The Balaban J connectivity index is 1.84. The Hall–Kier alpha value is -4.03. The number of hydrogen-bond acceptors (Lipinski definition) is 6. The van der Waals surface area contributed by atoms with Gasteiger partial charge in [-0.3, -0.25) is 9.52 Å². The van der Waals surface area contributed by atoms with Crippen molar-refractivity contribution in [1.82, 2.24) is 0 Å². The molecule has 1 amide bonds. The zero-order valence-corrected chi connectivity index (χ0v) is 18.3. The Kier molecular flexibility index (Phi) is 6.97. The highest BCUT2D eigenvalue weighted by molar-refractivity contribution is 7.92. The molecule has 0 spiro atoms. The summed E-state index contributed by atoms with van der Waals surface area (Å²) < 4.78 is 39.1. The summed E-state index contributed by atoms with van der Waals surface area (Å²) in [4.78, 5) is 12.4. The molecule has 0 saturated heterocycles. The van der Waals surface area contributed by atoms with Crippen molar-refractivity contribution >= 4 is 27.3 Å². The van der Waals surface area contributed by atoms with Gasteiger partial charge in [-0.05, 0) is 73.7 Å². The number of anilines is 2. The quantitative estimate of drug-likeness (QED) is 0.534. The molecule has 8 nitrogen and oxygen atoms in total. The molecule has 164 valence electrons. The molecule has 0 aliphatic heterocycles. The van der Waals surface area contributed by atoms with E-state index < -0.39 is 15.9 Å². The van der Waals surface area contributed by atoms with Crippen molar-refractivity contribution in [2.24, 2.45) is 0 Å². The Bertz CT molecular complexity index is 1250. The number of nitrogens with zero attached hydrogens (tertiary/aromatic N) is 1. The van der Waals surface area contributed by atoms with Crippen LogP contribution in [0.1, 0.15) is 22.8 Å². The lowest BCUT2D eigenvalue weighted by molar-refractivity contribution is 0.102.